The molecule has 14 heavy (non-hydrogen) atoms. The highest BCUT2D eigenvalue weighted by Gasteiger charge is 2.05. The van der Waals surface area contributed by atoms with E-state index in [0.717, 1.165) is 12.2 Å². The lowest BCUT2D eigenvalue weighted by Crippen LogP contribution is -2.25. The molecule has 0 aromatic carbocycles. The number of Topliss-reactive ketones (excluding diaryl/α,β-unsaturated/α-hetero) is 1. The maximum atomic E-state index is 11.2. The number of hydrogen-bond donors (Lipinski definition) is 0. The van der Waals surface area contributed by atoms with Gasteiger partial charge in [-0.2, -0.15) is 0 Å². The number of likely N-dealkylation sites (N-methyl/N-ethyl adjacent to an activating group) is 1. The Kier molecular flexibility index (Phi) is 4.26. The van der Waals surface area contributed by atoms with Crippen LogP contribution < -0.4 is 0 Å². The minimum atomic E-state index is 0.267. The van der Waals surface area contributed by atoms with Crippen molar-refractivity contribution in [3.05, 3.63) is 30.1 Å². The molecule has 0 unspecified atom stereocenters. The third-order valence-corrected chi connectivity index (χ3v) is 2.00. The van der Waals surface area contributed by atoms with Gasteiger partial charge >= 0.3 is 0 Å². The van der Waals surface area contributed by atoms with Crippen molar-refractivity contribution in [1.82, 2.24) is 9.88 Å². The molecule has 0 saturated carbocycles. The molecule has 3 heteroatoms. The van der Waals surface area contributed by atoms with Crippen LogP contribution in [0.4, 0.5) is 0 Å². The third-order valence-electron chi connectivity index (χ3n) is 2.00. The Balaban J connectivity index is 2.41. The molecule has 0 N–H and O–H groups in total. The van der Waals surface area contributed by atoms with Crippen molar-refractivity contribution in [1.29, 1.82) is 0 Å². The van der Waals surface area contributed by atoms with E-state index in [9.17, 15) is 4.79 Å². The van der Waals surface area contributed by atoms with E-state index in [1.165, 1.54) is 0 Å². The SMILES string of the molecule is CCC(=O)CN(C)Cc1ccccn1. The van der Waals surface area contributed by atoms with Crippen molar-refractivity contribution >= 4 is 5.78 Å². The minimum Gasteiger partial charge on any atom is -0.298 e. The molecular formula is C11H16N2O. The quantitative estimate of drug-likeness (QED) is 0.708. The fourth-order valence-electron chi connectivity index (χ4n) is 1.24. The lowest BCUT2D eigenvalue weighted by atomic mass is 10.3. The Morgan fingerprint density at radius 2 is 2.29 bits per heavy atom. The molecule has 0 fully saturated rings. The number of ketones is 1. The van der Waals surface area contributed by atoms with E-state index in [4.69, 9.17) is 0 Å². The summed E-state index contributed by atoms with van der Waals surface area (Å²) in [5, 5.41) is 0. The van der Waals surface area contributed by atoms with Crippen molar-refractivity contribution in [3.63, 3.8) is 0 Å². The summed E-state index contributed by atoms with van der Waals surface area (Å²) in [5.41, 5.74) is 0.999. The van der Waals surface area contributed by atoms with Crippen LogP contribution in [0, 0.1) is 0 Å². The first-order chi connectivity index (χ1) is 6.72. The number of aromatic nitrogens is 1. The number of hydrogen-bond acceptors (Lipinski definition) is 3. The van der Waals surface area contributed by atoms with Crippen LogP contribution in [0.25, 0.3) is 0 Å². The summed E-state index contributed by atoms with van der Waals surface area (Å²) in [6, 6.07) is 5.81. The third kappa shape index (κ3) is 3.66. The summed E-state index contributed by atoms with van der Waals surface area (Å²) in [6.07, 6.45) is 2.37. The van der Waals surface area contributed by atoms with Crippen molar-refractivity contribution in [2.24, 2.45) is 0 Å². The summed E-state index contributed by atoms with van der Waals surface area (Å²) in [5.74, 6) is 0.267. The first-order valence-electron chi connectivity index (χ1n) is 4.82. The van der Waals surface area contributed by atoms with Crippen LogP contribution in [0.5, 0.6) is 0 Å². The second-order valence-corrected chi connectivity index (χ2v) is 3.39. The van der Waals surface area contributed by atoms with E-state index in [1.54, 1.807) is 6.20 Å². The molecule has 76 valence electrons. The fraction of sp³-hybridized carbons (Fsp3) is 0.455. The van der Waals surface area contributed by atoms with Gasteiger partial charge in [-0.25, -0.2) is 0 Å². The predicted molar refractivity (Wildman–Crippen MR) is 55.9 cm³/mol. The van der Waals surface area contributed by atoms with Gasteiger partial charge in [-0.1, -0.05) is 13.0 Å². The number of nitrogens with zero attached hydrogens (tertiary/aromatic N) is 2. The molecule has 3 nitrogen and oxygen atoms in total. The number of rotatable bonds is 5. The smallest absolute Gasteiger partial charge is 0.146 e. The monoisotopic (exact) mass is 192 g/mol. The van der Waals surface area contributed by atoms with E-state index < -0.39 is 0 Å². The molecule has 0 atom stereocenters. The van der Waals surface area contributed by atoms with Gasteiger partial charge in [0.2, 0.25) is 0 Å². The summed E-state index contributed by atoms with van der Waals surface area (Å²) in [4.78, 5) is 17.3. The summed E-state index contributed by atoms with van der Waals surface area (Å²) < 4.78 is 0. The summed E-state index contributed by atoms with van der Waals surface area (Å²) in [7, 11) is 1.93. The minimum absolute atomic E-state index is 0.267. The number of carbonyl (C=O) groups is 1. The molecule has 1 aromatic heterocycles. The average Bonchev–Trinajstić information content (AvgIpc) is 2.19. The van der Waals surface area contributed by atoms with Crippen LogP contribution in [-0.4, -0.2) is 29.3 Å². The van der Waals surface area contributed by atoms with Gasteiger partial charge < -0.3 is 0 Å². The lowest BCUT2D eigenvalue weighted by molar-refractivity contribution is -0.119. The normalized spacial score (nSPS) is 10.5. The van der Waals surface area contributed by atoms with Gasteiger partial charge in [-0.3, -0.25) is 14.7 Å². The van der Waals surface area contributed by atoms with Crippen molar-refractivity contribution in [2.45, 2.75) is 19.9 Å². The Hall–Kier alpha value is -1.22. The van der Waals surface area contributed by atoms with E-state index in [-0.39, 0.29) is 5.78 Å². The molecule has 0 radical (unpaired) electrons. The first kappa shape index (κ1) is 10.9. The molecule has 1 aromatic rings. The molecule has 0 amide bonds. The van der Waals surface area contributed by atoms with Crippen LogP contribution in [0.1, 0.15) is 19.0 Å². The van der Waals surface area contributed by atoms with Gasteiger partial charge in [-0.15, -0.1) is 0 Å². The van der Waals surface area contributed by atoms with Crippen LogP contribution in [0.3, 0.4) is 0 Å². The second kappa shape index (κ2) is 5.50. The lowest BCUT2D eigenvalue weighted by Gasteiger charge is -2.14. The average molecular weight is 192 g/mol. The van der Waals surface area contributed by atoms with Crippen LogP contribution in [-0.2, 0) is 11.3 Å². The Morgan fingerprint density at radius 1 is 1.50 bits per heavy atom. The highest BCUT2D eigenvalue weighted by Crippen LogP contribution is 1.98. The zero-order valence-corrected chi connectivity index (χ0v) is 8.73. The summed E-state index contributed by atoms with van der Waals surface area (Å²) >= 11 is 0. The van der Waals surface area contributed by atoms with Gasteiger partial charge in [-0.05, 0) is 19.2 Å². The van der Waals surface area contributed by atoms with E-state index in [1.807, 2.05) is 37.1 Å². The van der Waals surface area contributed by atoms with E-state index >= 15 is 0 Å². The topological polar surface area (TPSA) is 33.2 Å². The fourth-order valence-corrected chi connectivity index (χ4v) is 1.24. The van der Waals surface area contributed by atoms with Crippen molar-refractivity contribution in [2.75, 3.05) is 13.6 Å². The highest BCUT2D eigenvalue weighted by atomic mass is 16.1. The molecular weight excluding hydrogens is 176 g/mol. The van der Waals surface area contributed by atoms with Gasteiger partial charge in [0.15, 0.2) is 0 Å². The Morgan fingerprint density at radius 3 is 2.86 bits per heavy atom. The van der Waals surface area contributed by atoms with Gasteiger partial charge in [0.1, 0.15) is 5.78 Å². The first-order valence-corrected chi connectivity index (χ1v) is 4.82. The largest absolute Gasteiger partial charge is 0.298 e. The second-order valence-electron chi connectivity index (χ2n) is 3.39. The van der Waals surface area contributed by atoms with Crippen LogP contribution in [0.15, 0.2) is 24.4 Å². The molecule has 0 aliphatic carbocycles. The molecule has 0 aliphatic heterocycles. The Bertz CT molecular complexity index is 285. The molecule has 1 rings (SSSR count). The van der Waals surface area contributed by atoms with Gasteiger partial charge in [0.05, 0.1) is 12.2 Å². The van der Waals surface area contributed by atoms with E-state index in [0.29, 0.717) is 13.0 Å². The maximum Gasteiger partial charge on any atom is 0.146 e. The maximum absolute atomic E-state index is 11.2. The molecule has 1 heterocycles. The number of carbonyl (C=O) groups excluding carboxylic acids is 1. The predicted octanol–water partition coefficient (Wildman–Crippen LogP) is 1.49. The molecule has 0 bridgehead atoms. The number of pyridine rings is 1. The zero-order valence-electron chi connectivity index (χ0n) is 8.73. The zero-order chi connectivity index (χ0) is 10.4. The summed E-state index contributed by atoms with van der Waals surface area (Å²) in [6.45, 7) is 3.12. The van der Waals surface area contributed by atoms with Crippen molar-refractivity contribution < 1.29 is 4.79 Å². The van der Waals surface area contributed by atoms with Crippen LogP contribution >= 0.6 is 0 Å². The molecule has 0 spiro atoms. The van der Waals surface area contributed by atoms with Crippen LogP contribution in [0.2, 0.25) is 0 Å². The molecule has 0 aliphatic rings. The Labute approximate surface area is 84.8 Å². The highest BCUT2D eigenvalue weighted by molar-refractivity contribution is 5.80. The molecule has 0 saturated heterocycles. The van der Waals surface area contributed by atoms with Gasteiger partial charge in [0, 0.05) is 19.2 Å². The standard InChI is InChI=1S/C11H16N2O/c1-3-11(14)9-13(2)8-10-6-4-5-7-12-10/h4-7H,3,8-9H2,1-2H3. The van der Waals surface area contributed by atoms with Gasteiger partial charge in [0.25, 0.3) is 0 Å². The van der Waals surface area contributed by atoms with E-state index in [2.05, 4.69) is 4.98 Å². The van der Waals surface area contributed by atoms with Crippen molar-refractivity contribution in [3.8, 4) is 0 Å².